The van der Waals surface area contributed by atoms with E-state index in [0.29, 0.717) is 5.69 Å². The smallest absolute Gasteiger partial charge is 0.344 e. The second-order valence-electron chi connectivity index (χ2n) is 8.04. The van der Waals surface area contributed by atoms with Crippen LogP contribution in [-0.2, 0) is 19.1 Å². The normalized spacial score (nSPS) is 14.6. The quantitative estimate of drug-likeness (QED) is 0.676. The van der Waals surface area contributed by atoms with Gasteiger partial charge < -0.3 is 19.9 Å². The van der Waals surface area contributed by atoms with Gasteiger partial charge in [-0.05, 0) is 51.5 Å². The van der Waals surface area contributed by atoms with Gasteiger partial charge in [0.05, 0.1) is 7.11 Å². The number of aliphatic hydroxyl groups is 1. The van der Waals surface area contributed by atoms with E-state index in [9.17, 15) is 14.7 Å². The number of carbonyl (C=O) groups is 2. The number of hydrogen-bond donors (Lipinski definition) is 2. The molecule has 0 aliphatic carbocycles. The molecule has 2 atom stereocenters. The van der Waals surface area contributed by atoms with Crippen molar-refractivity contribution in [2.75, 3.05) is 12.4 Å². The Hall–Kier alpha value is -3.12. The molecule has 0 saturated heterocycles. The third-order valence-electron chi connectivity index (χ3n) is 4.25. The maximum atomic E-state index is 13.0. The molecule has 0 aliphatic heterocycles. The van der Waals surface area contributed by atoms with Crippen LogP contribution in [0, 0.1) is 6.92 Å². The number of rotatable bonds is 7. The van der Waals surface area contributed by atoms with Crippen LogP contribution < -0.4 is 5.32 Å². The summed E-state index contributed by atoms with van der Waals surface area (Å²) in [6.07, 6.45) is 2.84. The first kappa shape index (κ1) is 23.2. The molecule has 0 spiro atoms. The molecule has 0 bridgehead atoms. The lowest BCUT2D eigenvalue weighted by atomic mass is 9.91. The summed E-state index contributed by atoms with van der Waals surface area (Å²) in [5, 5.41) is 14.3. The summed E-state index contributed by atoms with van der Waals surface area (Å²) in [6, 6.07) is 14.9. The van der Waals surface area contributed by atoms with Gasteiger partial charge in [0.15, 0.2) is 6.04 Å². The molecule has 0 amide bonds. The average molecular weight is 411 g/mol. The maximum absolute atomic E-state index is 13.0. The van der Waals surface area contributed by atoms with E-state index in [1.165, 1.54) is 6.08 Å². The first-order chi connectivity index (χ1) is 14.0. The lowest BCUT2D eigenvalue weighted by molar-refractivity contribution is -0.171. The summed E-state index contributed by atoms with van der Waals surface area (Å²) in [4.78, 5) is 25.7. The van der Waals surface area contributed by atoms with Gasteiger partial charge >= 0.3 is 11.9 Å². The number of methoxy groups -OCH3 is 1. The summed E-state index contributed by atoms with van der Waals surface area (Å²) in [7, 11) is 1.16. The van der Waals surface area contributed by atoms with Gasteiger partial charge in [0.1, 0.15) is 5.60 Å². The summed E-state index contributed by atoms with van der Waals surface area (Å²) in [6.45, 7) is 7.07. The van der Waals surface area contributed by atoms with Gasteiger partial charge in [0.25, 0.3) is 0 Å². The first-order valence-electron chi connectivity index (χ1n) is 9.66. The van der Waals surface area contributed by atoms with Gasteiger partial charge in [-0.3, -0.25) is 0 Å². The van der Waals surface area contributed by atoms with E-state index in [1.807, 2.05) is 37.3 Å². The summed E-state index contributed by atoms with van der Waals surface area (Å²) >= 11 is 0. The molecule has 160 valence electrons. The van der Waals surface area contributed by atoms with Crippen LogP contribution in [0.1, 0.15) is 31.9 Å². The molecule has 6 heteroatoms. The van der Waals surface area contributed by atoms with Gasteiger partial charge in [0.2, 0.25) is 5.60 Å². The van der Waals surface area contributed by atoms with Gasteiger partial charge in [-0.1, -0.05) is 54.1 Å². The van der Waals surface area contributed by atoms with Crippen molar-refractivity contribution in [3.63, 3.8) is 0 Å². The van der Waals surface area contributed by atoms with Crippen LogP contribution in [0.4, 0.5) is 5.69 Å². The largest absolute Gasteiger partial charge is 0.467 e. The lowest BCUT2D eigenvalue weighted by Crippen LogP contribution is -2.57. The van der Waals surface area contributed by atoms with Crippen LogP contribution in [0.15, 0.2) is 60.7 Å². The van der Waals surface area contributed by atoms with Gasteiger partial charge in [-0.25, -0.2) is 9.59 Å². The Labute approximate surface area is 177 Å². The number of nitrogens with one attached hydrogen (secondary N) is 1. The van der Waals surface area contributed by atoms with Gasteiger partial charge in [-0.2, -0.15) is 0 Å². The van der Waals surface area contributed by atoms with Crippen molar-refractivity contribution in [3.05, 3.63) is 71.8 Å². The van der Waals surface area contributed by atoms with Gasteiger partial charge in [-0.15, -0.1) is 0 Å². The van der Waals surface area contributed by atoms with Crippen molar-refractivity contribution in [2.24, 2.45) is 0 Å². The number of aryl methyl sites for hydroxylation is 1. The molecule has 0 saturated carbocycles. The Morgan fingerprint density at radius 3 is 2.30 bits per heavy atom. The number of esters is 2. The standard InChI is InChI=1S/C24H29NO5/c1-17-10-9-11-18(16-17)14-15-24(28,22(27)29-5)20(21(26)30-23(2,3)4)25-19-12-7-6-8-13-19/h6-16,20,25,28H,1-5H3/b15-14+/t20-,24-/m1/s1. The van der Waals surface area contributed by atoms with E-state index in [-0.39, 0.29) is 0 Å². The molecule has 0 radical (unpaired) electrons. The summed E-state index contributed by atoms with van der Waals surface area (Å²) in [5.41, 5.74) is -0.800. The highest BCUT2D eigenvalue weighted by Crippen LogP contribution is 2.24. The van der Waals surface area contributed by atoms with E-state index < -0.39 is 29.2 Å². The van der Waals surface area contributed by atoms with Crippen LogP contribution >= 0.6 is 0 Å². The second-order valence-corrected chi connectivity index (χ2v) is 8.04. The fourth-order valence-electron chi connectivity index (χ4n) is 2.85. The second kappa shape index (κ2) is 9.59. The van der Waals surface area contributed by atoms with E-state index >= 15 is 0 Å². The van der Waals surface area contributed by atoms with Crippen LogP contribution in [-0.4, -0.2) is 41.4 Å². The van der Waals surface area contributed by atoms with Crippen molar-refractivity contribution in [2.45, 2.75) is 44.9 Å². The molecule has 2 N–H and O–H groups in total. The molecule has 0 heterocycles. The van der Waals surface area contributed by atoms with Crippen molar-refractivity contribution >= 4 is 23.7 Å². The number of ether oxygens (including phenoxy) is 2. The maximum Gasteiger partial charge on any atom is 0.344 e. The third kappa shape index (κ3) is 6.19. The van der Waals surface area contributed by atoms with Crippen LogP contribution in [0.5, 0.6) is 0 Å². The lowest BCUT2D eigenvalue weighted by Gasteiger charge is -2.33. The van der Waals surface area contributed by atoms with E-state index in [1.54, 1.807) is 51.1 Å². The Balaban J connectivity index is 2.50. The van der Waals surface area contributed by atoms with Crippen LogP contribution in [0.2, 0.25) is 0 Å². The molecule has 2 rings (SSSR count). The first-order valence-corrected chi connectivity index (χ1v) is 9.66. The monoisotopic (exact) mass is 411 g/mol. The van der Waals surface area contributed by atoms with Crippen molar-refractivity contribution < 1.29 is 24.2 Å². The highest BCUT2D eigenvalue weighted by molar-refractivity contribution is 5.94. The zero-order valence-electron chi connectivity index (χ0n) is 18.0. The van der Waals surface area contributed by atoms with Crippen LogP contribution in [0.25, 0.3) is 6.08 Å². The number of para-hydroxylation sites is 1. The van der Waals surface area contributed by atoms with Crippen molar-refractivity contribution in [1.29, 1.82) is 0 Å². The fourth-order valence-corrected chi connectivity index (χ4v) is 2.85. The van der Waals surface area contributed by atoms with Gasteiger partial charge in [0, 0.05) is 5.69 Å². The molecular formula is C24H29NO5. The molecule has 0 fully saturated rings. The van der Waals surface area contributed by atoms with Crippen LogP contribution in [0.3, 0.4) is 0 Å². The number of benzene rings is 2. The minimum atomic E-state index is -2.31. The topological polar surface area (TPSA) is 84.9 Å². The molecule has 0 aliphatic rings. The zero-order valence-corrected chi connectivity index (χ0v) is 18.0. The number of carbonyl (C=O) groups excluding carboxylic acids is 2. The molecule has 2 aromatic carbocycles. The number of anilines is 1. The molecule has 2 aromatic rings. The highest BCUT2D eigenvalue weighted by atomic mass is 16.6. The third-order valence-corrected chi connectivity index (χ3v) is 4.25. The highest BCUT2D eigenvalue weighted by Gasteiger charge is 2.49. The Morgan fingerprint density at radius 1 is 1.07 bits per heavy atom. The molecular weight excluding hydrogens is 382 g/mol. The Bertz CT molecular complexity index is 901. The van der Waals surface area contributed by atoms with E-state index in [2.05, 4.69) is 5.32 Å². The minimum absolute atomic E-state index is 0.541. The van der Waals surface area contributed by atoms with Crippen molar-refractivity contribution in [1.82, 2.24) is 0 Å². The number of hydrogen-bond acceptors (Lipinski definition) is 6. The minimum Gasteiger partial charge on any atom is -0.467 e. The summed E-state index contributed by atoms with van der Waals surface area (Å²) < 4.78 is 10.3. The fraction of sp³-hybridized carbons (Fsp3) is 0.333. The van der Waals surface area contributed by atoms with E-state index in [4.69, 9.17) is 9.47 Å². The SMILES string of the molecule is COC(=O)[C@@](O)(/C=C/c1cccc(C)c1)[C@H](Nc1ccccc1)C(=O)OC(C)(C)C. The predicted octanol–water partition coefficient (Wildman–Crippen LogP) is 3.73. The Morgan fingerprint density at radius 2 is 1.73 bits per heavy atom. The molecule has 6 nitrogen and oxygen atoms in total. The predicted molar refractivity (Wildman–Crippen MR) is 117 cm³/mol. The Kier molecular flexibility index (Phi) is 7.40. The zero-order chi connectivity index (χ0) is 22.4. The van der Waals surface area contributed by atoms with E-state index in [0.717, 1.165) is 18.2 Å². The molecule has 0 unspecified atom stereocenters. The average Bonchev–Trinajstić information content (AvgIpc) is 2.69. The molecule has 30 heavy (non-hydrogen) atoms. The van der Waals surface area contributed by atoms with Crippen molar-refractivity contribution in [3.8, 4) is 0 Å². The molecule has 0 aromatic heterocycles. The summed E-state index contributed by atoms with van der Waals surface area (Å²) in [5.74, 6) is -1.76.